The van der Waals surface area contributed by atoms with Crippen molar-refractivity contribution in [3.8, 4) is 5.75 Å². The van der Waals surface area contributed by atoms with Gasteiger partial charge in [0, 0.05) is 6.20 Å². The second-order valence-corrected chi connectivity index (χ2v) is 7.97. The number of furan rings is 1. The summed E-state index contributed by atoms with van der Waals surface area (Å²) >= 11 is 12.0. The largest absolute Gasteiger partial charge is 0.484 e. The maximum atomic E-state index is 12.9. The average molecular weight is 510 g/mol. The first-order chi connectivity index (χ1) is 16.2. The minimum atomic E-state index is -4.42. The number of nitrogens with one attached hydrogen (secondary N) is 1. The molecular weight excluding hydrogens is 494 g/mol. The highest BCUT2D eigenvalue weighted by Crippen LogP contribution is 2.32. The van der Waals surface area contributed by atoms with Crippen molar-refractivity contribution in [1.29, 1.82) is 0 Å². The van der Waals surface area contributed by atoms with Crippen molar-refractivity contribution >= 4 is 34.8 Å². The number of carbonyl (C=O) groups is 1. The van der Waals surface area contributed by atoms with Crippen molar-refractivity contribution in [3.63, 3.8) is 0 Å². The summed E-state index contributed by atoms with van der Waals surface area (Å²) in [4.78, 5) is 12.5. The molecule has 2 heterocycles. The van der Waals surface area contributed by atoms with Gasteiger partial charge in [-0.2, -0.15) is 18.3 Å². The Morgan fingerprint density at radius 3 is 2.71 bits per heavy atom. The first-order valence-electron chi connectivity index (χ1n) is 9.84. The Bertz CT molecular complexity index is 1320. The lowest BCUT2D eigenvalue weighted by atomic mass is 10.1. The number of ether oxygens (including phenoxy) is 1. The van der Waals surface area contributed by atoms with E-state index in [2.05, 4.69) is 10.4 Å². The molecule has 11 heteroatoms. The number of benzene rings is 2. The van der Waals surface area contributed by atoms with Crippen LogP contribution >= 0.6 is 23.2 Å². The highest BCUT2D eigenvalue weighted by atomic mass is 35.5. The number of nitrogens with zero attached hydrogens (tertiary/aromatic N) is 2. The van der Waals surface area contributed by atoms with Crippen molar-refractivity contribution in [2.24, 2.45) is 0 Å². The van der Waals surface area contributed by atoms with E-state index in [1.54, 1.807) is 30.3 Å². The zero-order valence-electron chi connectivity index (χ0n) is 17.3. The molecule has 0 radical (unpaired) electrons. The van der Waals surface area contributed by atoms with Gasteiger partial charge in [0.05, 0.1) is 29.0 Å². The van der Waals surface area contributed by atoms with E-state index in [1.165, 1.54) is 29.2 Å². The monoisotopic (exact) mass is 509 g/mol. The van der Waals surface area contributed by atoms with Gasteiger partial charge >= 0.3 is 6.18 Å². The third-order valence-corrected chi connectivity index (χ3v) is 5.46. The minimum Gasteiger partial charge on any atom is -0.484 e. The molecule has 4 rings (SSSR count). The van der Waals surface area contributed by atoms with Crippen LogP contribution in [0.15, 0.2) is 71.4 Å². The Kier molecular flexibility index (Phi) is 6.85. The van der Waals surface area contributed by atoms with Crippen molar-refractivity contribution in [2.75, 3.05) is 5.32 Å². The summed E-state index contributed by atoms with van der Waals surface area (Å²) in [5.74, 6) is 0.290. The Balaban J connectivity index is 1.35. The summed E-state index contributed by atoms with van der Waals surface area (Å²) in [7, 11) is 0. The first-order valence-corrected chi connectivity index (χ1v) is 10.6. The standard InChI is InChI=1S/C23H16Cl2F3N3O3/c24-18-5-2-6-19(21(18)25)33-13-17-7-8-20(34-17)22(32)30-16-10-29-31(12-16)11-14-3-1-4-15(9-14)23(26,27)28/h1-10,12H,11,13H2,(H,30,32). The summed E-state index contributed by atoms with van der Waals surface area (Å²) < 4.78 is 51.2. The van der Waals surface area contributed by atoms with E-state index in [9.17, 15) is 18.0 Å². The van der Waals surface area contributed by atoms with E-state index in [0.717, 1.165) is 12.1 Å². The number of halogens is 5. The third-order valence-electron chi connectivity index (χ3n) is 4.66. The van der Waals surface area contributed by atoms with Crippen LogP contribution in [0.2, 0.25) is 10.0 Å². The van der Waals surface area contributed by atoms with Crippen LogP contribution in [0, 0.1) is 0 Å². The number of amides is 1. The SMILES string of the molecule is O=C(Nc1cnn(Cc2cccc(C(F)(F)F)c2)c1)c1ccc(COc2cccc(Cl)c2Cl)o1. The topological polar surface area (TPSA) is 69.3 Å². The molecule has 0 spiro atoms. The van der Waals surface area contributed by atoms with Gasteiger partial charge in [-0.15, -0.1) is 0 Å². The summed E-state index contributed by atoms with van der Waals surface area (Å²) in [6, 6.07) is 13.0. The van der Waals surface area contributed by atoms with Crippen LogP contribution in [0.4, 0.5) is 18.9 Å². The smallest absolute Gasteiger partial charge is 0.416 e. The van der Waals surface area contributed by atoms with Crippen LogP contribution in [0.5, 0.6) is 5.75 Å². The number of hydrogen-bond donors (Lipinski definition) is 1. The zero-order chi connectivity index (χ0) is 24.3. The van der Waals surface area contributed by atoms with Crippen LogP contribution in [0.1, 0.15) is 27.4 Å². The van der Waals surface area contributed by atoms with Crippen LogP contribution in [0.3, 0.4) is 0 Å². The second-order valence-electron chi connectivity index (χ2n) is 7.19. The average Bonchev–Trinajstić information content (AvgIpc) is 3.44. The molecular formula is C23H16Cl2F3N3O3. The molecule has 1 N–H and O–H groups in total. The lowest BCUT2D eigenvalue weighted by Gasteiger charge is -2.08. The molecule has 0 saturated heterocycles. The number of carbonyl (C=O) groups excluding carboxylic acids is 1. The highest BCUT2D eigenvalue weighted by molar-refractivity contribution is 6.42. The van der Waals surface area contributed by atoms with E-state index in [0.29, 0.717) is 27.8 Å². The number of hydrogen-bond acceptors (Lipinski definition) is 4. The molecule has 0 unspecified atom stereocenters. The Labute approximate surface area is 201 Å². The predicted molar refractivity (Wildman–Crippen MR) is 120 cm³/mol. The molecule has 176 valence electrons. The van der Waals surface area contributed by atoms with Crippen molar-refractivity contribution in [1.82, 2.24) is 9.78 Å². The predicted octanol–water partition coefficient (Wildman–Crippen LogP) is 6.68. The molecule has 0 aliphatic heterocycles. The van der Waals surface area contributed by atoms with Crippen molar-refractivity contribution < 1.29 is 27.1 Å². The lowest BCUT2D eigenvalue weighted by molar-refractivity contribution is -0.137. The van der Waals surface area contributed by atoms with Gasteiger partial charge in [0.15, 0.2) is 5.76 Å². The van der Waals surface area contributed by atoms with Gasteiger partial charge < -0.3 is 14.5 Å². The van der Waals surface area contributed by atoms with Gasteiger partial charge in [0.2, 0.25) is 0 Å². The summed E-state index contributed by atoms with van der Waals surface area (Å²) in [5, 5.41) is 7.34. The van der Waals surface area contributed by atoms with Crippen LogP contribution in [0.25, 0.3) is 0 Å². The van der Waals surface area contributed by atoms with Crippen molar-refractivity contribution in [2.45, 2.75) is 19.3 Å². The van der Waals surface area contributed by atoms with Gasteiger partial charge in [0.1, 0.15) is 23.1 Å². The van der Waals surface area contributed by atoms with Gasteiger partial charge in [0.25, 0.3) is 5.91 Å². The molecule has 0 atom stereocenters. The van der Waals surface area contributed by atoms with E-state index in [-0.39, 0.29) is 23.9 Å². The van der Waals surface area contributed by atoms with Crippen LogP contribution in [-0.4, -0.2) is 15.7 Å². The Hall–Kier alpha value is -3.43. The first kappa shape index (κ1) is 23.7. The maximum Gasteiger partial charge on any atom is 0.416 e. The lowest BCUT2D eigenvalue weighted by Crippen LogP contribution is -2.10. The van der Waals surface area contributed by atoms with Crippen molar-refractivity contribution in [3.05, 3.63) is 99.7 Å². The van der Waals surface area contributed by atoms with E-state index in [4.69, 9.17) is 32.4 Å². The molecule has 0 saturated carbocycles. The van der Waals surface area contributed by atoms with Crippen LogP contribution in [-0.2, 0) is 19.3 Å². The normalized spacial score (nSPS) is 11.4. The molecule has 0 aliphatic carbocycles. The van der Waals surface area contributed by atoms with Gasteiger partial charge in [-0.1, -0.05) is 41.4 Å². The molecule has 6 nitrogen and oxygen atoms in total. The summed E-state index contributed by atoms with van der Waals surface area (Å²) in [5.41, 5.74) is 0.0455. The Morgan fingerprint density at radius 1 is 1.12 bits per heavy atom. The van der Waals surface area contributed by atoms with Gasteiger partial charge in [-0.05, 0) is 42.0 Å². The molecule has 0 bridgehead atoms. The van der Waals surface area contributed by atoms with E-state index in [1.807, 2.05) is 0 Å². The summed E-state index contributed by atoms with van der Waals surface area (Å²) in [6.45, 7) is 0.135. The van der Waals surface area contributed by atoms with Crippen LogP contribution < -0.4 is 10.1 Å². The molecule has 2 aromatic carbocycles. The van der Waals surface area contributed by atoms with Gasteiger partial charge in [-0.25, -0.2) is 0 Å². The number of rotatable bonds is 7. The fourth-order valence-corrected chi connectivity index (χ4v) is 3.41. The fraction of sp³-hybridized carbons (Fsp3) is 0.130. The van der Waals surface area contributed by atoms with E-state index >= 15 is 0 Å². The minimum absolute atomic E-state index is 0.0300. The Morgan fingerprint density at radius 2 is 1.91 bits per heavy atom. The van der Waals surface area contributed by atoms with E-state index < -0.39 is 17.6 Å². The maximum absolute atomic E-state index is 12.9. The number of aromatic nitrogens is 2. The zero-order valence-corrected chi connectivity index (χ0v) is 18.8. The molecule has 34 heavy (non-hydrogen) atoms. The molecule has 1 amide bonds. The molecule has 0 aliphatic rings. The molecule has 2 aromatic heterocycles. The van der Waals surface area contributed by atoms with Gasteiger partial charge in [-0.3, -0.25) is 9.48 Å². The number of alkyl halides is 3. The summed E-state index contributed by atoms with van der Waals surface area (Å²) in [6.07, 6.45) is -1.53. The third kappa shape index (κ3) is 5.73. The molecule has 4 aromatic rings. The molecule has 0 fully saturated rings. The number of anilines is 1. The fourth-order valence-electron chi connectivity index (χ4n) is 3.06. The highest BCUT2D eigenvalue weighted by Gasteiger charge is 2.30. The second kappa shape index (κ2) is 9.82. The quantitative estimate of drug-likeness (QED) is 0.301.